The molecule has 1 aliphatic carbocycles. The van der Waals surface area contributed by atoms with Crippen molar-refractivity contribution in [2.75, 3.05) is 6.61 Å². The second-order valence-corrected chi connectivity index (χ2v) is 6.64. The van der Waals surface area contributed by atoms with Crippen LogP contribution in [-0.4, -0.2) is 23.1 Å². The summed E-state index contributed by atoms with van der Waals surface area (Å²) in [6, 6.07) is 13.1. The summed E-state index contributed by atoms with van der Waals surface area (Å²) in [5.41, 5.74) is 2.17. The van der Waals surface area contributed by atoms with Gasteiger partial charge in [-0.3, -0.25) is 14.4 Å². The van der Waals surface area contributed by atoms with Crippen LogP contribution in [0.4, 0.5) is 0 Å². The fourth-order valence-corrected chi connectivity index (χ4v) is 3.19. The Morgan fingerprint density at radius 3 is 2.81 bits per heavy atom. The molecule has 0 bridgehead atoms. The topological polar surface area (TPSA) is 67.4 Å². The van der Waals surface area contributed by atoms with Crippen LogP contribution in [0.5, 0.6) is 5.75 Å². The van der Waals surface area contributed by atoms with Crippen LogP contribution in [0.15, 0.2) is 47.6 Å². The molecule has 1 heterocycles. The Bertz CT molecular complexity index is 887. The Hall–Kier alpha value is -2.87. The fourth-order valence-electron chi connectivity index (χ4n) is 3.19. The lowest BCUT2D eigenvalue weighted by Gasteiger charge is -2.18. The van der Waals surface area contributed by atoms with Gasteiger partial charge in [-0.1, -0.05) is 31.4 Å². The number of aromatic nitrogens is 1. The number of ether oxygens (including phenoxy) is 1. The maximum Gasteiger partial charge on any atom is 0.270 e. The number of hydrogen-bond acceptors (Lipinski definition) is 4. The predicted octanol–water partition coefficient (Wildman–Crippen LogP) is 3.62. The van der Waals surface area contributed by atoms with Gasteiger partial charge >= 0.3 is 0 Å². The Morgan fingerprint density at radius 1 is 1.27 bits per heavy atom. The lowest BCUT2D eigenvalue weighted by molar-refractivity contribution is 0.0831. The van der Waals surface area contributed by atoms with Crippen LogP contribution in [0.2, 0.25) is 0 Å². The standard InChI is InChI=1S/C21H23N3O2/c1-16-11-12-24(20(13-16)23-18-8-3-2-4-9-18)21(25)15-26-19-10-6-5-7-17(19)14-22/h5-7,10-13,18H,2-4,8-9,15H2,1H3. The Balaban J connectivity index is 1.81. The molecule has 5 heteroatoms. The van der Waals surface area contributed by atoms with Crippen LogP contribution in [0.1, 0.15) is 48.0 Å². The monoisotopic (exact) mass is 349 g/mol. The van der Waals surface area contributed by atoms with E-state index in [4.69, 9.17) is 15.0 Å². The van der Waals surface area contributed by atoms with Crippen molar-refractivity contribution in [2.24, 2.45) is 4.99 Å². The molecule has 0 aliphatic heterocycles. The van der Waals surface area contributed by atoms with E-state index in [0.717, 1.165) is 18.4 Å². The van der Waals surface area contributed by atoms with Crippen LogP contribution < -0.4 is 10.2 Å². The molecule has 0 N–H and O–H groups in total. The highest BCUT2D eigenvalue weighted by Gasteiger charge is 2.14. The van der Waals surface area contributed by atoms with E-state index < -0.39 is 0 Å². The number of nitriles is 1. The van der Waals surface area contributed by atoms with Crippen molar-refractivity contribution in [3.8, 4) is 11.8 Å². The molecule has 5 nitrogen and oxygen atoms in total. The number of para-hydroxylation sites is 1. The van der Waals surface area contributed by atoms with E-state index in [2.05, 4.69) is 6.07 Å². The smallest absolute Gasteiger partial charge is 0.270 e. The number of aryl methyl sites for hydroxylation is 1. The Labute approximate surface area is 153 Å². The molecular formula is C21H23N3O2. The van der Waals surface area contributed by atoms with E-state index in [0.29, 0.717) is 16.8 Å². The molecule has 1 saturated carbocycles. The Morgan fingerprint density at radius 2 is 2.04 bits per heavy atom. The molecular weight excluding hydrogens is 326 g/mol. The van der Waals surface area contributed by atoms with E-state index >= 15 is 0 Å². The van der Waals surface area contributed by atoms with Crippen molar-refractivity contribution < 1.29 is 9.53 Å². The first-order chi connectivity index (χ1) is 12.7. The van der Waals surface area contributed by atoms with Gasteiger partial charge in [0.05, 0.1) is 11.6 Å². The molecule has 0 spiro atoms. The van der Waals surface area contributed by atoms with Crippen molar-refractivity contribution in [2.45, 2.75) is 45.1 Å². The molecule has 3 rings (SSSR count). The third-order valence-corrected chi connectivity index (χ3v) is 4.61. The van der Waals surface area contributed by atoms with Crippen LogP contribution in [0.25, 0.3) is 0 Å². The van der Waals surface area contributed by atoms with E-state index in [1.54, 1.807) is 35.0 Å². The highest BCUT2D eigenvalue weighted by Crippen LogP contribution is 2.19. The van der Waals surface area contributed by atoms with Gasteiger partial charge in [0.1, 0.15) is 17.3 Å². The highest BCUT2D eigenvalue weighted by molar-refractivity contribution is 5.80. The third kappa shape index (κ3) is 4.40. The molecule has 0 unspecified atom stereocenters. The second-order valence-electron chi connectivity index (χ2n) is 6.64. The number of carbonyl (C=O) groups is 1. The first-order valence-corrected chi connectivity index (χ1v) is 9.05. The molecule has 0 amide bonds. The van der Waals surface area contributed by atoms with Gasteiger partial charge in [0.2, 0.25) is 0 Å². The van der Waals surface area contributed by atoms with Crippen molar-refractivity contribution in [1.29, 1.82) is 5.26 Å². The van der Waals surface area contributed by atoms with Gasteiger partial charge in [-0.15, -0.1) is 0 Å². The summed E-state index contributed by atoms with van der Waals surface area (Å²) < 4.78 is 7.14. The number of benzene rings is 1. The summed E-state index contributed by atoms with van der Waals surface area (Å²) in [6.45, 7) is 1.86. The number of pyridine rings is 1. The largest absolute Gasteiger partial charge is 0.482 e. The maximum absolute atomic E-state index is 12.7. The van der Waals surface area contributed by atoms with Crippen molar-refractivity contribution in [3.05, 3.63) is 59.2 Å². The second kappa shape index (κ2) is 8.48. The molecule has 0 radical (unpaired) electrons. The van der Waals surface area contributed by atoms with E-state index in [1.165, 1.54) is 19.3 Å². The van der Waals surface area contributed by atoms with E-state index in [1.807, 2.05) is 19.1 Å². The van der Waals surface area contributed by atoms with Crippen molar-refractivity contribution in [3.63, 3.8) is 0 Å². The molecule has 1 aliphatic rings. The molecule has 2 aromatic rings. The van der Waals surface area contributed by atoms with Crippen molar-refractivity contribution in [1.82, 2.24) is 4.57 Å². The van der Waals surface area contributed by atoms with Gasteiger partial charge in [0, 0.05) is 6.20 Å². The first kappa shape index (κ1) is 17.9. The number of rotatable bonds is 4. The maximum atomic E-state index is 12.7. The lowest BCUT2D eigenvalue weighted by atomic mass is 9.96. The minimum Gasteiger partial charge on any atom is -0.482 e. The van der Waals surface area contributed by atoms with Gasteiger partial charge in [-0.25, -0.2) is 0 Å². The first-order valence-electron chi connectivity index (χ1n) is 9.05. The number of carbonyl (C=O) groups excluding carboxylic acids is 1. The average Bonchev–Trinajstić information content (AvgIpc) is 2.67. The molecule has 1 aromatic carbocycles. The summed E-state index contributed by atoms with van der Waals surface area (Å²) in [5, 5.41) is 9.12. The fraction of sp³-hybridized carbons (Fsp3) is 0.381. The summed E-state index contributed by atoms with van der Waals surface area (Å²) in [5.74, 6) is 0.217. The summed E-state index contributed by atoms with van der Waals surface area (Å²) in [4.78, 5) is 17.5. The van der Waals surface area contributed by atoms with Gasteiger partial charge in [0.15, 0.2) is 6.61 Å². The summed E-state index contributed by atoms with van der Waals surface area (Å²) in [6.07, 6.45) is 7.57. The summed E-state index contributed by atoms with van der Waals surface area (Å²) in [7, 11) is 0. The number of nitrogens with zero attached hydrogens (tertiary/aromatic N) is 3. The molecule has 0 saturated heterocycles. The van der Waals surface area contributed by atoms with Crippen LogP contribution in [0, 0.1) is 18.3 Å². The minimum absolute atomic E-state index is 0.139. The van der Waals surface area contributed by atoms with Crippen LogP contribution in [-0.2, 0) is 0 Å². The SMILES string of the molecule is Cc1ccn(C(=O)COc2ccccc2C#N)c(=NC2CCCCC2)c1. The molecule has 134 valence electrons. The highest BCUT2D eigenvalue weighted by atomic mass is 16.5. The zero-order chi connectivity index (χ0) is 18.4. The predicted molar refractivity (Wildman–Crippen MR) is 98.9 cm³/mol. The summed E-state index contributed by atoms with van der Waals surface area (Å²) >= 11 is 0. The average molecular weight is 349 g/mol. The van der Waals surface area contributed by atoms with Gasteiger partial charge in [-0.2, -0.15) is 5.26 Å². The van der Waals surface area contributed by atoms with Crippen LogP contribution in [0.3, 0.4) is 0 Å². The Kier molecular flexibility index (Phi) is 5.85. The van der Waals surface area contributed by atoms with Gasteiger partial charge < -0.3 is 4.74 Å². The zero-order valence-corrected chi connectivity index (χ0v) is 15.0. The van der Waals surface area contributed by atoms with E-state index in [9.17, 15) is 4.79 Å². The quantitative estimate of drug-likeness (QED) is 0.846. The molecule has 26 heavy (non-hydrogen) atoms. The van der Waals surface area contributed by atoms with Crippen LogP contribution >= 0.6 is 0 Å². The van der Waals surface area contributed by atoms with Crippen molar-refractivity contribution >= 4 is 5.91 Å². The number of hydrogen-bond donors (Lipinski definition) is 0. The van der Waals surface area contributed by atoms with E-state index in [-0.39, 0.29) is 18.6 Å². The third-order valence-electron chi connectivity index (χ3n) is 4.61. The molecule has 0 atom stereocenters. The molecule has 1 fully saturated rings. The van der Waals surface area contributed by atoms with Gasteiger partial charge in [0.25, 0.3) is 5.91 Å². The minimum atomic E-state index is -0.202. The zero-order valence-electron chi connectivity index (χ0n) is 15.0. The normalized spacial score (nSPS) is 15.5. The lowest BCUT2D eigenvalue weighted by Crippen LogP contribution is -2.32. The molecule has 1 aromatic heterocycles. The van der Waals surface area contributed by atoms with Gasteiger partial charge in [-0.05, 0) is 49.6 Å².